The first-order valence-electron chi connectivity index (χ1n) is 7.18. The second kappa shape index (κ2) is 5.76. The van der Waals surface area contributed by atoms with Crippen LogP contribution >= 0.6 is 11.6 Å². The van der Waals surface area contributed by atoms with Crippen molar-refractivity contribution < 1.29 is 5.11 Å². The summed E-state index contributed by atoms with van der Waals surface area (Å²) in [4.78, 5) is 21.0. The molecule has 0 amide bonds. The molecule has 0 unspecified atom stereocenters. The van der Waals surface area contributed by atoms with Gasteiger partial charge in [0.05, 0.1) is 17.3 Å². The summed E-state index contributed by atoms with van der Waals surface area (Å²) in [6, 6.07) is 5.26. The highest BCUT2D eigenvalue weighted by atomic mass is 35.5. The highest BCUT2D eigenvalue weighted by molar-refractivity contribution is 6.30. The SMILES string of the molecule is Cc1cc([C@@H](C)O)ncc1-c1cc2cnc(Cl)cc2n(C)c1=O. The van der Waals surface area contributed by atoms with Gasteiger partial charge in [-0.1, -0.05) is 11.6 Å². The summed E-state index contributed by atoms with van der Waals surface area (Å²) in [6.45, 7) is 3.55. The molecule has 0 spiro atoms. The van der Waals surface area contributed by atoms with Crippen LogP contribution in [0.4, 0.5) is 0 Å². The predicted molar refractivity (Wildman–Crippen MR) is 90.6 cm³/mol. The van der Waals surface area contributed by atoms with Gasteiger partial charge in [-0.25, -0.2) is 4.98 Å². The summed E-state index contributed by atoms with van der Waals surface area (Å²) in [5.74, 6) is 0. The Hall–Kier alpha value is -2.24. The van der Waals surface area contributed by atoms with Gasteiger partial charge < -0.3 is 9.67 Å². The standard InChI is InChI=1S/C17H16ClN3O2/c1-9-4-14(10(2)22)19-8-13(9)12-5-11-7-20-16(18)6-15(11)21(3)17(12)23/h4-8,10,22H,1-3H3/t10-/m1/s1. The van der Waals surface area contributed by atoms with Crippen molar-refractivity contribution in [2.45, 2.75) is 20.0 Å². The zero-order valence-electron chi connectivity index (χ0n) is 13.0. The number of hydrogen-bond donors (Lipinski definition) is 1. The van der Waals surface area contributed by atoms with E-state index in [-0.39, 0.29) is 5.56 Å². The lowest BCUT2D eigenvalue weighted by atomic mass is 10.0. The average molecular weight is 330 g/mol. The molecule has 1 N–H and O–H groups in total. The zero-order valence-corrected chi connectivity index (χ0v) is 13.8. The highest BCUT2D eigenvalue weighted by Crippen LogP contribution is 2.25. The molecule has 3 aromatic rings. The van der Waals surface area contributed by atoms with E-state index < -0.39 is 6.10 Å². The van der Waals surface area contributed by atoms with Gasteiger partial charge in [0.2, 0.25) is 0 Å². The second-order valence-electron chi connectivity index (χ2n) is 5.59. The number of halogens is 1. The molecule has 0 aliphatic carbocycles. The zero-order chi connectivity index (χ0) is 16.7. The first kappa shape index (κ1) is 15.6. The Kier molecular flexibility index (Phi) is 3.92. The van der Waals surface area contributed by atoms with Gasteiger partial charge in [0, 0.05) is 36.0 Å². The van der Waals surface area contributed by atoms with Crippen LogP contribution in [0.15, 0.2) is 35.4 Å². The lowest BCUT2D eigenvalue weighted by Gasteiger charge is -2.12. The summed E-state index contributed by atoms with van der Waals surface area (Å²) in [5, 5.41) is 10.8. The predicted octanol–water partition coefficient (Wildman–Crippen LogP) is 3.01. The van der Waals surface area contributed by atoms with E-state index in [0.717, 1.165) is 22.0 Å². The van der Waals surface area contributed by atoms with Crippen molar-refractivity contribution in [1.29, 1.82) is 0 Å². The molecule has 1 atom stereocenters. The van der Waals surface area contributed by atoms with Crippen molar-refractivity contribution in [3.8, 4) is 11.1 Å². The van der Waals surface area contributed by atoms with Crippen molar-refractivity contribution >= 4 is 22.5 Å². The van der Waals surface area contributed by atoms with Gasteiger partial charge in [-0.3, -0.25) is 9.78 Å². The van der Waals surface area contributed by atoms with Crippen molar-refractivity contribution in [1.82, 2.24) is 14.5 Å². The molecule has 3 heterocycles. The number of aromatic nitrogens is 3. The quantitative estimate of drug-likeness (QED) is 0.734. The summed E-state index contributed by atoms with van der Waals surface area (Å²) >= 11 is 5.91. The summed E-state index contributed by atoms with van der Waals surface area (Å²) in [7, 11) is 1.71. The van der Waals surface area contributed by atoms with E-state index in [1.54, 1.807) is 49.1 Å². The van der Waals surface area contributed by atoms with Gasteiger partial charge in [0.15, 0.2) is 0 Å². The number of aliphatic hydroxyl groups excluding tert-OH is 1. The monoisotopic (exact) mass is 329 g/mol. The molecule has 3 rings (SSSR count). The van der Waals surface area contributed by atoms with Crippen molar-refractivity contribution in [2.24, 2.45) is 7.05 Å². The fourth-order valence-electron chi connectivity index (χ4n) is 2.62. The molecule has 6 heteroatoms. The Labute approximate surface area is 138 Å². The maximum Gasteiger partial charge on any atom is 0.258 e. The molecule has 0 aliphatic rings. The van der Waals surface area contributed by atoms with E-state index in [0.29, 0.717) is 16.4 Å². The van der Waals surface area contributed by atoms with E-state index in [9.17, 15) is 9.90 Å². The molecule has 118 valence electrons. The third-order valence-electron chi connectivity index (χ3n) is 3.92. The largest absolute Gasteiger partial charge is 0.387 e. The molecule has 3 aromatic heterocycles. The number of nitrogens with zero attached hydrogens (tertiary/aromatic N) is 3. The van der Waals surface area contributed by atoms with Crippen LogP contribution in [0, 0.1) is 6.92 Å². The van der Waals surface area contributed by atoms with Crippen molar-refractivity contribution in [3.05, 3.63) is 57.4 Å². The third kappa shape index (κ3) is 2.73. The molecule has 0 aromatic carbocycles. The van der Waals surface area contributed by atoms with Gasteiger partial charge >= 0.3 is 0 Å². The second-order valence-corrected chi connectivity index (χ2v) is 5.98. The number of pyridine rings is 3. The fraction of sp³-hybridized carbons (Fsp3) is 0.235. The van der Waals surface area contributed by atoms with Crippen LogP contribution in [0.1, 0.15) is 24.3 Å². The topological polar surface area (TPSA) is 68.0 Å². The van der Waals surface area contributed by atoms with Crippen LogP contribution in [-0.2, 0) is 7.05 Å². The van der Waals surface area contributed by atoms with Crippen LogP contribution in [0.5, 0.6) is 0 Å². The van der Waals surface area contributed by atoms with Gasteiger partial charge in [0.1, 0.15) is 5.15 Å². The normalized spacial score (nSPS) is 12.6. The molecule has 0 fully saturated rings. The van der Waals surface area contributed by atoms with Crippen LogP contribution in [0.25, 0.3) is 22.0 Å². The lowest BCUT2D eigenvalue weighted by molar-refractivity contribution is 0.194. The van der Waals surface area contributed by atoms with Crippen molar-refractivity contribution in [2.75, 3.05) is 0 Å². The van der Waals surface area contributed by atoms with E-state index in [1.165, 1.54) is 0 Å². The minimum Gasteiger partial charge on any atom is -0.387 e. The van der Waals surface area contributed by atoms with Crippen molar-refractivity contribution in [3.63, 3.8) is 0 Å². The van der Waals surface area contributed by atoms with E-state index >= 15 is 0 Å². The molecule has 0 radical (unpaired) electrons. The number of rotatable bonds is 2. The molecule has 0 saturated heterocycles. The Morgan fingerprint density at radius 1 is 1.17 bits per heavy atom. The Morgan fingerprint density at radius 2 is 1.91 bits per heavy atom. The number of fused-ring (bicyclic) bond motifs is 1. The number of hydrogen-bond acceptors (Lipinski definition) is 4. The molecule has 0 bridgehead atoms. The maximum absolute atomic E-state index is 12.7. The molecule has 23 heavy (non-hydrogen) atoms. The minimum absolute atomic E-state index is 0.130. The highest BCUT2D eigenvalue weighted by Gasteiger charge is 2.13. The van der Waals surface area contributed by atoms with Crippen LogP contribution in [0.3, 0.4) is 0 Å². The van der Waals surface area contributed by atoms with Crippen LogP contribution in [-0.4, -0.2) is 19.6 Å². The molecule has 5 nitrogen and oxygen atoms in total. The van der Waals surface area contributed by atoms with E-state index in [1.807, 2.05) is 6.92 Å². The summed E-state index contributed by atoms with van der Waals surface area (Å²) in [5.41, 5.74) is 3.35. The molecule has 0 saturated carbocycles. The van der Waals surface area contributed by atoms with Gasteiger partial charge in [-0.2, -0.15) is 0 Å². The smallest absolute Gasteiger partial charge is 0.258 e. The van der Waals surface area contributed by atoms with Gasteiger partial charge in [-0.05, 0) is 37.6 Å². The molecule has 0 aliphatic heterocycles. The first-order valence-corrected chi connectivity index (χ1v) is 7.56. The van der Waals surface area contributed by atoms with E-state index in [2.05, 4.69) is 9.97 Å². The molecular formula is C17H16ClN3O2. The summed E-state index contributed by atoms with van der Waals surface area (Å²) in [6.07, 6.45) is 2.63. The van der Waals surface area contributed by atoms with Gasteiger partial charge in [0.25, 0.3) is 5.56 Å². The van der Waals surface area contributed by atoms with Gasteiger partial charge in [-0.15, -0.1) is 0 Å². The minimum atomic E-state index is -0.645. The Balaban J connectivity index is 2.27. The Bertz CT molecular complexity index is 964. The number of aryl methyl sites for hydroxylation is 2. The lowest BCUT2D eigenvalue weighted by Crippen LogP contribution is -2.19. The average Bonchev–Trinajstić information content (AvgIpc) is 2.51. The third-order valence-corrected chi connectivity index (χ3v) is 4.13. The summed E-state index contributed by atoms with van der Waals surface area (Å²) < 4.78 is 1.56. The van der Waals surface area contributed by atoms with E-state index in [4.69, 9.17) is 11.6 Å². The fourth-order valence-corrected chi connectivity index (χ4v) is 2.77. The number of aliphatic hydroxyl groups is 1. The van der Waals surface area contributed by atoms with Crippen LogP contribution in [0.2, 0.25) is 5.15 Å². The van der Waals surface area contributed by atoms with Crippen LogP contribution < -0.4 is 5.56 Å². The Morgan fingerprint density at radius 3 is 2.57 bits per heavy atom. The maximum atomic E-state index is 12.7. The first-order chi connectivity index (χ1) is 10.9. The molecular weight excluding hydrogens is 314 g/mol.